The van der Waals surface area contributed by atoms with E-state index in [2.05, 4.69) is 38.7 Å². The summed E-state index contributed by atoms with van der Waals surface area (Å²) in [5.41, 5.74) is 2.32. The summed E-state index contributed by atoms with van der Waals surface area (Å²) in [5.74, 6) is 2.50. The molecule has 6 unspecified atom stereocenters. The van der Waals surface area contributed by atoms with Crippen molar-refractivity contribution in [2.24, 2.45) is 23.2 Å². The van der Waals surface area contributed by atoms with Crippen LogP contribution in [-0.4, -0.2) is 49.5 Å². The predicted molar refractivity (Wildman–Crippen MR) is 111 cm³/mol. The molecule has 0 aromatic heterocycles. The van der Waals surface area contributed by atoms with E-state index in [-0.39, 0.29) is 5.60 Å². The van der Waals surface area contributed by atoms with Crippen molar-refractivity contribution in [2.75, 3.05) is 32.8 Å². The first-order valence-corrected chi connectivity index (χ1v) is 11.7. The highest BCUT2D eigenvalue weighted by molar-refractivity contribution is 5.25. The van der Waals surface area contributed by atoms with E-state index in [0.29, 0.717) is 11.5 Å². The molecule has 154 valence electrons. The smallest absolute Gasteiger partial charge is 0.0686 e. The minimum absolute atomic E-state index is 0.174. The maximum absolute atomic E-state index is 6.33. The van der Waals surface area contributed by atoms with Gasteiger partial charge < -0.3 is 14.4 Å². The van der Waals surface area contributed by atoms with Crippen molar-refractivity contribution in [3.05, 3.63) is 11.6 Å². The summed E-state index contributed by atoms with van der Waals surface area (Å²) in [4.78, 5) is 2.46. The monoisotopic (exact) mass is 375 g/mol. The average molecular weight is 376 g/mol. The van der Waals surface area contributed by atoms with Crippen LogP contribution >= 0.6 is 0 Å². The molecule has 3 heteroatoms. The van der Waals surface area contributed by atoms with E-state index in [9.17, 15) is 0 Å². The summed E-state index contributed by atoms with van der Waals surface area (Å²) in [6.45, 7) is 14.7. The molecule has 2 saturated carbocycles. The quantitative estimate of drug-likeness (QED) is 0.606. The fourth-order valence-corrected chi connectivity index (χ4v) is 7.06. The normalized spacial score (nSPS) is 43.8. The van der Waals surface area contributed by atoms with Crippen molar-refractivity contribution in [3.63, 3.8) is 0 Å². The van der Waals surface area contributed by atoms with E-state index in [1.807, 2.05) is 0 Å². The first-order valence-electron chi connectivity index (χ1n) is 11.7. The molecule has 0 amide bonds. The van der Waals surface area contributed by atoms with Crippen molar-refractivity contribution in [1.29, 1.82) is 0 Å². The van der Waals surface area contributed by atoms with Crippen molar-refractivity contribution in [3.8, 4) is 0 Å². The van der Waals surface area contributed by atoms with Gasteiger partial charge in [0.2, 0.25) is 0 Å². The van der Waals surface area contributed by atoms with Gasteiger partial charge in [-0.05, 0) is 88.1 Å². The third-order valence-corrected chi connectivity index (χ3v) is 8.91. The molecule has 4 aliphatic rings. The van der Waals surface area contributed by atoms with E-state index < -0.39 is 0 Å². The van der Waals surface area contributed by atoms with Gasteiger partial charge in [-0.25, -0.2) is 0 Å². The van der Waals surface area contributed by atoms with Crippen LogP contribution in [0.3, 0.4) is 0 Å². The number of hydrogen-bond donors (Lipinski definition) is 0. The summed E-state index contributed by atoms with van der Waals surface area (Å²) in [5, 5.41) is 0. The van der Waals surface area contributed by atoms with Crippen LogP contribution < -0.4 is 0 Å². The molecule has 6 atom stereocenters. The number of allylic oxidation sites excluding steroid dienone is 1. The SMILES string of the molecule is CCN(CC)CCOC1CCC2(C)C(=CCC3C4CCOC4(C)CCC32)C1. The van der Waals surface area contributed by atoms with E-state index in [0.717, 1.165) is 50.6 Å². The molecule has 0 N–H and O–H groups in total. The average Bonchev–Trinajstić information content (AvgIpc) is 3.07. The molecule has 3 aliphatic carbocycles. The van der Waals surface area contributed by atoms with Crippen molar-refractivity contribution in [2.45, 2.75) is 84.3 Å². The van der Waals surface area contributed by atoms with Crippen LogP contribution in [0.5, 0.6) is 0 Å². The molecule has 4 rings (SSSR count). The lowest BCUT2D eigenvalue weighted by Gasteiger charge is -2.56. The van der Waals surface area contributed by atoms with E-state index in [1.165, 1.54) is 44.9 Å². The highest BCUT2D eigenvalue weighted by Gasteiger charge is 2.56. The van der Waals surface area contributed by atoms with Gasteiger partial charge in [-0.1, -0.05) is 32.4 Å². The maximum atomic E-state index is 6.33. The summed E-state index contributed by atoms with van der Waals surface area (Å²) in [6, 6.07) is 0. The van der Waals surface area contributed by atoms with Crippen LogP contribution in [-0.2, 0) is 9.47 Å². The topological polar surface area (TPSA) is 21.7 Å². The fourth-order valence-electron chi connectivity index (χ4n) is 7.06. The lowest BCUT2D eigenvalue weighted by Crippen LogP contribution is -2.52. The number of hydrogen-bond acceptors (Lipinski definition) is 3. The molecule has 0 radical (unpaired) electrons. The van der Waals surface area contributed by atoms with Crippen LogP contribution in [0.15, 0.2) is 11.6 Å². The first kappa shape index (κ1) is 19.9. The van der Waals surface area contributed by atoms with E-state index in [4.69, 9.17) is 9.47 Å². The zero-order valence-corrected chi connectivity index (χ0v) is 18.1. The zero-order chi connectivity index (χ0) is 19.1. The summed E-state index contributed by atoms with van der Waals surface area (Å²) in [7, 11) is 0. The molecule has 1 aliphatic heterocycles. The molecule has 0 aromatic rings. The largest absolute Gasteiger partial charge is 0.377 e. The van der Waals surface area contributed by atoms with Crippen molar-refractivity contribution >= 4 is 0 Å². The van der Waals surface area contributed by atoms with Gasteiger partial charge in [-0.2, -0.15) is 0 Å². The van der Waals surface area contributed by atoms with Crippen LogP contribution in [0.1, 0.15) is 72.6 Å². The van der Waals surface area contributed by atoms with Gasteiger partial charge in [0.15, 0.2) is 0 Å². The molecule has 3 fully saturated rings. The standard InChI is InChI=1S/C24H41NO2/c1-5-25(6-2)14-16-26-19-9-12-23(3)18(17-19)7-8-20-21(23)10-13-24(4)22(20)11-15-27-24/h7,19-22H,5-6,8-17H2,1-4H3. The molecular weight excluding hydrogens is 334 g/mol. The molecular formula is C24H41NO2. The van der Waals surface area contributed by atoms with Gasteiger partial charge in [0.25, 0.3) is 0 Å². The van der Waals surface area contributed by atoms with Gasteiger partial charge in [-0.15, -0.1) is 0 Å². The van der Waals surface area contributed by atoms with Gasteiger partial charge in [0.05, 0.1) is 18.3 Å². The zero-order valence-electron chi connectivity index (χ0n) is 18.1. The Balaban J connectivity index is 1.40. The van der Waals surface area contributed by atoms with E-state index in [1.54, 1.807) is 5.57 Å². The van der Waals surface area contributed by atoms with Crippen LogP contribution in [0.25, 0.3) is 0 Å². The minimum atomic E-state index is 0.174. The van der Waals surface area contributed by atoms with E-state index >= 15 is 0 Å². The Morgan fingerprint density at radius 1 is 1.11 bits per heavy atom. The number of fused-ring (bicyclic) bond motifs is 5. The maximum Gasteiger partial charge on any atom is 0.0686 e. The number of ether oxygens (including phenoxy) is 2. The number of likely N-dealkylation sites (N-methyl/N-ethyl adjacent to an activating group) is 1. The molecule has 1 saturated heterocycles. The van der Waals surface area contributed by atoms with Gasteiger partial charge in [0.1, 0.15) is 0 Å². The summed E-state index contributed by atoms with van der Waals surface area (Å²) >= 11 is 0. The highest BCUT2D eigenvalue weighted by Crippen LogP contribution is 2.61. The first-order chi connectivity index (χ1) is 13.0. The summed E-state index contributed by atoms with van der Waals surface area (Å²) < 4.78 is 12.5. The van der Waals surface area contributed by atoms with Crippen LogP contribution in [0, 0.1) is 23.2 Å². The second kappa shape index (κ2) is 7.80. The Hall–Kier alpha value is -0.380. The second-order valence-corrected chi connectivity index (χ2v) is 10.0. The Labute approximate surface area is 166 Å². The Morgan fingerprint density at radius 2 is 1.93 bits per heavy atom. The fraction of sp³-hybridized carbons (Fsp3) is 0.917. The van der Waals surface area contributed by atoms with Gasteiger partial charge in [0, 0.05) is 13.2 Å². The van der Waals surface area contributed by atoms with Crippen LogP contribution in [0.2, 0.25) is 0 Å². The lowest BCUT2D eigenvalue weighted by molar-refractivity contribution is -0.0946. The van der Waals surface area contributed by atoms with Gasteiger partial charge in [-0.3, -0.25) is 0 Å². The molecule has 1 heterocycles. The van der Waals surface area contributed by atoms with Crippen molar-refractivity contribution in [1.82, 2.24) is 4.90 Å². The number of nitrogens with zero attached hydrogens (tertiary/aromatic N) is 1. The van der Waals surface area contributed by atoms with Gasteiger partial charge >= 0.3 is 0 Å². The molecule has 27 heavy (non-hydrogen) atoms. The Morgan fingerprint density at radius 3 is 2.70 bits per heavy atom. The Kier molecular flexibility index (Phi) is 5.75. The number of rotatable bonds is 6. The highest BCUT2D eigenvalue weighted by atomic mass is 16.5. The molecule has 0 aromatic carbocycles. The minimum Gasteiger partial charge on any atom is -0.377 e. The second-order valence-electron chi connectivity index (χ2n) is 10.0. The Bertz CT molecular complexity index is 557. The van der Waals surface area contributed by atoms with Crippen molar-refractivity contribution < 1.29 is 9.47 Å². The van der Waals surface area contributed by atoms with Crippen LogP contribution in [0.4, 0.5) is 0 Å². The molecule has 0 bridgehead atoms. The summed E-state index contributed by atoms with van der Waals surface area (Å²) in [6.07, 6.45) is 12.0. The molecule has 0 spiro atoms. The third kappa shape index (κ3) is 3.53. The lowest BCUT2D eigenvalue weighted by atomic mass is 9.49. The molecule has 3 nitrogen and oxygen atoms in total. The predicted octanol–water partition coefficient (Wildman–Crippen LogP) is 5.06. The third-order valence-electron chi connectivity index (χ3n) is 8.91.